The second-order valence-electron chi connectivity index (χ2n) is 10.1. The van der Waals surface area contributed by atoms with Crippen molar-refractivity contribution in [2.24, 2.45) is 0 Å². The first-order valence-corrected chi connectivity index (χ1v) is 15.3. The molecule has 0 aliphatic carbocycles. The molecule has 0 N–H and O–H groups in total. The van der Waals surface area contributed by atoms with Crippen LogP contribution in [0, 0.1) is 0 Å². The standard InChI is InChI=1S/C32H32N4O4S/c1-3-40-29-17-9-8-16-28(29)36-31(33-27-15-7-6-14-26(27)32(36)37)23(2)34-19-21-35(22-20-34)41(38,39)30-18-10-12-24-11-4-5-13-25(24)30/h4-18,23H,3,19-22H2,1-2H3. The zero-order chi connectivity index (χ0) is 28.6. The topological polar surface area (TPSA) is 84.7 Å². The molecule has 0 spiro atoms. The molecule has 1 fully saturated rings. The lowest BCUT2D eigenvalue weighted by Crippen LogP contribution is -2.49. The van der Waals surface area contributed by atoms with Crippen LogP contribution < -0.4 is 10.3 Å². The quantitative estimate of drug-likeness (QED) is 0.275. The lowest BCUT2D eigenvalue weighted by molar-refractivity contribution is 0.139. The van der Waals surface area contributed by atoms with E-state index in [1.54, 1.807) is 27.1 Å². The molecule has 1 aliphatic heterocycles. The molecule has 0 saturated carbocycles. The van der Waals surface area contributed by atoms with Crippen molar-refractivity contribution in [1.29, 1.82) is 0 Å². The zero-order valence-electron chi connectivity index (χ0n) is 23.1. The summed E-state index contributed by atoms with van der Waals surface area (Å²) in [6.07, 6.45) is 0. The number of rotatable bonds is 7. The normalized spacial score (nSPS) is 15.8. The van der Waals surface area contributed by atoms with Crippen LogP contribution in [0.15, 0.2) is 101 Å². The smallest absolute Gasteiger partial charge is 0.266 e. The molecule has 1 unspecified atom stereocenters. The number of nitrogens with zero attached hydrogens (tertiary/aromatic N) is 4. The summed E-state index contributed by atoms with van der Waals surface area (Å²) in [6.45, 7) is 6.07. The fraction of sp³-hybridized carbons (Fsp3) is 0.250. The van der Waals surface area contributed by atoms with E-state index in [4.69, 9.17) is 9.72 Å². The van der Waals surface area contributed by atoms with Gasteiger partial charge < -0.3 is 4.74 Å². The molecule has 0 radical (unpaired) electrons. The summed E-state index contributed by atoms with van der Waals surface area (Å²) in [7, 11) is -3.68. The molecule has 2 heterocycles. The van der Waals surface area contributed by atoms with Gasteiger partial charge in [0.1, 0.15) is 11.6 Å². The highest BCUT2D eigenvalue weighted by Gasteiger charge is 2.33. The first-order chi connectivity index (χ1) is 19.9. The Morgan fingerprint density at radius 3 is 2.27 bits per heavy atom. The summed E-state index contributed by atoms with van der Waals surface area (Å²) in [5, 5.41) is 2.15. The number of ether oxygens (including phenoxy) is 1. The number of sulfonamides is 1. The molecule has 6 rings (SSSR count). The summed E-state index contributed by atoms with van der Waals surface area (Å²) in [6, 6.07) is 27.5. The van der Waals surface area contributed by atoms with Crippen LogP contribution in [0.2, 0.25) is 0 Å². The molecule has 5 aromatic rings. The Morgan fingerprint density at radius 2 is 1.49 bits per heavy atom. The molecule has 210 valence electrons. The molecular formula is C32H32N4O4S. The molecule has 1 aromatic heterocycles. The minimum Gasteiger partial charge on any atom is -0.492 e. The minimum atomic E-state index is -3.68. The van der Waals surface area contributed by atoms with Crippen LogP contribution in [-0.2, 0) is 10.0 Å². The van der Waals surface area contributed by atoms with Crippen LogP contribution in [0.25, 0.3) is 27.4 Å². The predicted molar refractivity (Wildman–Crippen MR) is 161 cm³/mol. The summed E-state index contributed by atoms with van der Waals surface area (Å²) in [4.78, 5) is 21.4. The molecule has 1 saturated heterocycles. The second-order valence-corrected chi connectivity index (χ2v) is 12.0. The van der Waals surface area contributed by atoms with Crippen molar-refractivity contribution in [2.45, 2.75) is 24.8 Å². The lowest BCUT2D eigenvalue weighted by Gasteiger charge is -2.37. The van der Waals surface area contributed by atoms with E-state index >= 15 is 0 Å². The van der Waals surface area contributed by atoms with Crippen molar-refractivity contribution < 1.29 is 13.2 Å². The Kier molecular flexibility index (Phi) is 7.33. The second kappa shape index (κ2) is 11.1. The molecule has 0 amide bonds. The van der Waals surface area contributed by atoms with Gasteiger partial charge in [-0.2, -0.15) is 4.31 Å². The Bertz CT molecular complexity index is 1890. The number of benzene rings is 4. The largest absolute Gasteiger partial charge is 0.492 e. The maximum absolute atomic E-state index is 13.9. The molecule has 1 atom stereocenters. The van der Waals surface area contributed by atoms with Gasteiger partial charge in [0.05, 0.1) is 34.1 Å². The van der Waals surface area contributed by atoms with Gasteiger partial charge in [0.25, 0.3) is 5.56 Å². The number of fused-ring (bicyclic) bond motifs is 2. The van der Waals surface area contributed by atoms with Gasteiger partial charge in [-0.25, -0.2) is 13.4 Å². The monoisotopic (exact) mass is 568 g/mol. The summed E-state index contributed by atoms with van der Waals surface area (Å²) < 4.78 is 36.5. The number of para-hydroxylation sites is 3. The SMILES string of the molecule is CCOc1ccccc1-n1c(C(C)N2CCN(S(=O)(=O)c3cccc4ccccc34)CC2)nc2ccccc2c1=O. The maximum atomic E-state index is 13.9. The molecular weight excluding hydrogens is 536 g/mol. The molecule has 1 aliphatic rings. The van der Waals surface area contributed by atoms with Gasteiger partial charge in [-0.3, -0.25) is 14.3 Å². The van der Waals surface area contributed by atoms with E-state index < -0.39 is 10.0 Å². The van der Waals surface area contributed by atoms with Gasteiger partial charge in [0.15, 0.2) is 0 Å². The Balaban J connectivity index is 1.34. The number of hydrogen-bond acceptors (Lipinski definition) is 6. The van der Waals surface area contributed by atoms with Crippen molar-refractivity contribution in [3.63, 3.8) is 0 Å². The Morgan fingerprint density at radius 1 is 0.829 bits per heavy atom. The van der Waals surface area contributed by atoms with E-state index in [0.29, 0.717) is 65.8 Å². The van der Waals surface area contributed by atoms with Crippen molar-refractivity contribution in [3.8, 4) is 11.4 Å². The first-order valence-electron chi connectivity index (χ1n) is 13.9. The Labute approximate surface area is 239 Å². The number of aromatic nitrogens is 2. The highest BCUT2D eigenvalue weighted by Crippen LogP contribution is 2.30. The number of hydrogen-bond donors (Lipinski definition) is 0. The van der Waals surface area contributed by atoms with Gasteiger partial charge in [-0.15, -0.1) is 0 Å². The van der Waals surface area contributed by atoms with Crippen LogP contribution in [0.4, 0.5) is 0 Å². The van der Waals surface area contributed by atoms with E-state index in [2.05, 4.69) is 4.90 Å². The van der Waals surface area contributed by atoms with Gasteiger partial charge in [0, 0.05) is 31.6 Å². The van der Waals surface area contributed by atoms with Gasteiger partial charge in [0.2, 0.25) is 10.0 Å². The highest BCUT2D eigenvalue weighted by atomic mass is 32.2. The third kappa shape index (κ3) is 4.90. The van der Waals surface area contributed by atoms with Crippen LogP contribution in [0.3, 0.4) is 0 Å². The summed E-state index contributed by atoms with van der Waals surface area (Å²) in [5.74, 6) is 1.19. The van der Waals surface area contributed by atoms with Crippen LogP contribution in [0.5, 0.6) is 5.75 Å². The van der Waals surface area contributed by atoms with Gasteiger partial charge >= 0.3 is 0 Å². The van der Waals surface area contributed by atoms with Gasteiger partial charge in [-0.1, -0.05) is 60.7 Å². The lowest BCUT2D eigenvalue weighted by atomic mass is 10.1. The number of piperazine rings is 1. The van der Waals surface area contributed by atoms with Crippen LogP contribution in [0.1, 0.15) is 25.7 Å². The average Bonchev–Trinajstić information content (AvgIpc) is 3.01. The van der Waals surface area contributed by atoms with Crippen molar-refractivity contribution in [2.75, 3.05) is 32.8 Å². The third-order valence-corrected chi connectivity index (χ3v) is 9.73. The van der Waals surface area contributed by atoms with E-state index in [9.17, 15) is 13.2 Å². The average molecular weight is 569 g/mol. The molecule has 41 heavy (non-hydrogen) atoms. The maximum Gasteiger partial charge on any atom is 0.266 e. The fourth-order valence-corrected chi connectivity index (χ4v) is 7.27. The molecule has 4 aromatic carbocycles. The third-order valence-electron chi connectivity index (χ3n) is 7.77. The van der Waals surface area contributed by atoms with Crippen LogP contribution >= 0.6 is 0 Å². The summed E-state index contributed by atoms with van der Waals surface area (Å²) in [5.41, 5.74) is 1.10. The Hall–Kier alpha value is -4.05. The van der Waals surface area contributed by atoms with E-state index in [1.807, 2.05) is 86.6 Å². The zero-order valence-corrected chi connectivity index (χ0v) is 23.9. The summed E-state index contributed by atoms with van der Waals surface area (Å²) >= 11 is 0. The van der Waals surface area contributed by atoms with Gasteiger partial charge in [-0.05, 0) is 49.6 Å². The fourth-order valence-electron chi connectivity index (χ4n) is 5.64. The molecule has 0 bridgehead atoms. The van der Waals surface area contributed by atoms with E-state index in [1.165, 1.54) is 0 Å². The molecule has 8 nitrogen and oxygen atoms in total. The molecule has 9 heteroatoms. The van der Waals surface area contributed by atoms with Crippen molar-refractivity contribution in [3.05, 3.63) is 107 Å². The van der Waals surface area contributed by atoms with E-state index in [-0.39, 0.29) is 11.6 Å². The van der Waals surface area contributed by atoms with Crippen molar-refractivity contribution in [1.82, 2.24) is 18.8 Å². The predicted octanol–water partition coefficient (Wildman–Crippen LogP) is 5.01. The van der Waals surface area contributed by atoms with Crippen LogP contribution in [-0.4, -0.2) is 60.0 Å². The first kappa shape index (κ1) is 27.1. The minimum absolute atomic E-state index is 0.165. The van der Waals surface area contributed by atoms with E-state index in [0.717, 1.165) is 10.8 Å². The highest BCUT2D eigenvalue weighted by molar-refractivity contribution is 7.89. The van der Waals surface area contributed by atoms with Crippen molar-refractivity contribution >= 4 is 31.7 Å².